The average Bonchev–Trinajstić information content (AvgIpc) is 3.24. The summed E-state index contributed by atoms with van der Waals surface area (Å²) in [5.41, 5.74) is 6.00. The number of halogens is 1. The third-order valence-corrected chi connectivity index (χ3v) is 5.40. The Labute approximate surface area is 204 Å². The molecule has 0 radical (unpaired) electrons. The first-order valence-electron chi connectivity index (χ1n) is 10.4. The zero-order valence-electron chi connectivity index (χ0n) is 18.9. The van der Waals surface area contributed by atoms with Crippen LogP contribution in [0.1, 0.15) is 34.6 Å². The Morgan fingerprint density at radius 1 is 0.971 bits per heavy atom. The first-order valence-corrected chi connectivity index (χ1v) is 11.3. The van der Waals surface area contributed by atoms with Gasteiger partial charge in [-0.2, -0.15) is 0 Å². The Kier molecular flexibility index (Phi) is 8.47. The number of amides is 3. The van der Waals surface area contributed by atoms with Crippen molar-refractivity contribution in [3.63, 3.8) is 0 Å². The molecule has 35 heavy (non-hydrogen) atoms. The third-order valence-electron chi connectivity index (χ3n) is 4.50. The molecule has 3 rings (SSSR count). The lowest BCUT2D eigenvalue weighted by atomic mass is 10.0. The Morgan fingerprint density at radius 3 is 2.34 bits per heavy atom. The van der Waals surface area contributed by atoms with E-state index in [1.807, 2.05) is 6.07 Å². The summed E-state index contributed by atoms with van der Waals surface area (Å²) < 4.78 is 18.8. The molecule has 2 aromatic carbocycles. The molecule has 180 valence electrons. The van der Waals surface area contributed by atoms with E-state index in [4.69, 9.17) is 4.74 Å². The van der Waals surface area contributed by atoms with Gasteiger partial charge in [0.2, 0.25) is 5.91 Å². The molecule has 3 aromatic rings. The largest absolute Gasteiger partial charge is 0.452 e. The standard InChI is InChI=1S/C25H22FN3O5S/c1-15(2)12-20(30)27-24-22(18(14-35-24)16-8-4-3-5-9-16)25(33)34-13-21(31)28-29-23(32)17-10-6-7-11-19(17)26/h3-12,14H,13H2,1-2H3,(H,27,30)(H,28,31)(H,29,32). The maximum absolute atomic E-state index is 13.7. The van der Waals surface area contributed by atoms with Gasteiger partial charge in [0.15, 0.2) is 6.61 Å². The number of carbonyl (C=O) groups is 4. The predicted molar refractivity (Wildman–Crippen MR) is 130 cm³/mol. The van der Waals surface area contributed by atoms with Crippen molar-refractivity contribution in [2.24, 2.45) is 0 Å². The minimum absolute atomic E-state index is 0.0971. The highest BCUT2D eigenvalue weighted by molar-refractivity contribution is 7.15. The van der Waals surface area contributed by atoms with E-state index in [0.29, 0.717) is 5.56 Å². The second kappa shape index (κ2) is 11.7. The first-order chi connectivity index (χ1) is 16.8. The van der Waals surface area contributed by atoms with Gasteiger partial charge in [-0.3, -0.25) is 25.2 Å². The van der Waals surface area contributed by atoms with E-state index in [9.17, 15) is 23.6 Å². The van der Waals surface area contributed by atoms with E-state index in [2.05, 4.69) is 16.2 Å². The van der Waals surface area contributed by atoms with E-state index < -0.39 is 36.1 Å². The molecule has 10 heteroatoms. The van der Waals surface area contributed by atoms with Crippen LogP contribution >= 0.6 is 11.3 Å². The molecule has 0 saturated heterocycles. The molecule has 1 aromatic heterocycles. The van der Waals surface area contributed by atoms with Gasteiger partial charge in [-0.15, -0.1) is 11.3 Å². The fourth-order valence-corrected chi connectivity index (χ4v) is 3.93. The molecule has 0 bridgehead atoms. The van der Waals surface area contributed by atoms with Crippen LogP contribution in [0.3, 0.4) is 0 Å². The summed E-state index contributed by atoms with van der Waals surface area (Å²) in [5, 5.41) is 4.65. The fourth-order valence-electron chi connectivity index (χ4n) is 2.97. The van der Waals surface area contributed by atoms with Gasteiger partial charge >= 0.3 is 5.97 Å². The fraction of sp³-hybridized carbons (Fsp3) is 0.120. The quantitative estimate of drug-likeness (QED) is 0.260. The van der Waals surface area contributed by atoms with Crippen LogP contribution in [0.2, 0.25) is 0 Å². The summed E-state index contributed by atoms with van der Waals surface area (Å²) in [6.45, 7) is 2.81. The molecular weight excluding hydrogens is 473 g/mol. The Balaban J connectivity index is 1.70. The molecule has 3 amide bonds. The van der Waals surface area contributed by atoms with Gasteiger partial charge < -0.3 is 10.1 Å². The molecular formula is C25H22FN3O5S. The minimum atomic E-state index is -0.865. The summed E-state index contributed by atoms with van der Waals surface area (Å²) in [6.07, 6.45) is 1.39. The van der Waals surface area contributed by atoms with Crippen molar-refractivity contribution in [1.82, 2.24) is 10.9 Å². The molecule has 3 N–H and O–H groups in total. The molecule has 0 saturated carbocycles. The van der Waals surface area contributed by atoms with Crippen molar-refractivity contribution in [2.45, 2.75) is 13.8 Å². The molecule has 0 unspecified atom stereocenters. The number of hydrogen-bond donors (Lipinski definition) is 3. The van der Waals surface area contributed by atoms with Crippen LogP contribution < -0.4 is 16.2 Å². The van der Waals surface area contributed by atoms with Crippen molar-refractivity contribution in [3.05, 3.63) is 88.6 Å². The molecule has 0 aliphatic heterocycles. The zero-order valence-corrected chi connectivity index (χ0v) is 19.7. The van der Waals surface area contributed by atoms with Crippen LogP contribution in [0.4, 0.5) is 9.39 Å². The first kappa shape index (κ1) is 25.3. The number of thiophene rings is 1. The smallest absolute Gasteiger partial charge is 0.342 e. The number of rotatable bonds is 7. The predicted octanol–water partition coefficient (Wildman–Crippen LogP) is 4.08. The van der Waals surface area contributed by atoms with Crippen LogP contribution in [-0.4, -0.2) is 30.3 Å². The number of hydrazine groups is 1. The Hall–Kier alpha value is -4.31. The average molecular weight is 496 g/mol. The van der Waals surface area contributed by atoms with Crippen LogP contribution in [0.5, 0.6) is 0 Å². The topological polar surface area (TPSA) is 114 Å². The van der Waals surface area contributed by atoms with Crippen LogP contribution in [-0.2, 0) is 14.3 Å². The molecule has 0 atom stereocenters. The van der Waals surface area contributed by atoms with Crippen molar-refractivity contribution in [1.29, 1.82) is 0 Å². The summed E-state index contributed by atoms with van der Waals surface area (Å²) in [6, 6.07) is 14.3. The van der Waals surface area contributed by atoms with Gasteiger partial charge in [0.1, 0.15) is 16.4 Å². The van der Waals surface area contributed by atoms with Crippen molar-refractivity contribution < 1.29 is 28.3 Å². The normalized spacial score (nSPS) is 10.1. The minimum Gasteiger partial charge on any atom is -0.452 e. The lowest BCUT2D eigenvalue weighted by Crippen LogP contribution is -2.43. The number of nitrogens with one attached hydrogen (secondary N) is 3. The van der Waals surface area contributed by atoms with Gasteiger partial charge in [0, 0.05) is 17.0 Å². The highest BCUT2D eigenvalue weighted by Gasteiger charge is 2.23. The Bertz CT molecular complexity index is 1280. The van der Waals surface area contributed by atoms with Gasteiger partial charge in [0.05, 0.1) is 5.56 Å². The number of ether oxygens (including phenoxy) is 1. The number of carbonyl (C=O) groups excluding carboxylic acids is 4. The van der Waals surface area contributed by atoms with Crippen LogP contribution in [0.25, 0.3) is 11.1 Å². The van der Waals surface area contributed by atoms with Gasteiger partial charge in [-0.25, -0.2) is 9.18 Å². The SMILES string of the molecule is CC(C)=CC(=O)Nc1scc(-c2ccccc2)c1C(=O)OCC(=O)NNC(=O)c1ccccc1F. The molecule has 0 aliphatic carbocycles. The lowest BCUT2D eigenvalue weighted by Gasteiger charge is -2.10. The van der Waals surface area contributed by atoms with Gasteiger partial charge in [0.25, 0.3) is 11.8 Å². The van der Waals surface area contributed by atoms with E-state index >= 15 is 0 Å². The molecule has 8 nitrogen and oxygen atoms in total. The third kappa shape index (κ3) is 6.84. The Morgan fingerprint density at radius 2 is 1.66 bits per heavy atom. The number of allylic oxidation sites excluding steroid dienone is 1. The lowest BCUT2D eigenvalue weighted by molar-refractivity contribution is -0.125. The maximum Gasteiger partial charge on any atom is 0.342 e. The van der Waals surface area contributed by atoms with Crippen molar-refractivity contribution in [2.75, 3.05) is 11.9 Å². The van der Waals surface area contributed by atoms with E-state index in [-0.39, 0.29) is 16.1 Å². The number of benzene rings is 2. The zero-order chi connectivity index (χ0) is 25.4. The van der Waals surface area contributed by atoms with Crippen molar-refractivity contribution >= 4 is 40.0 Å². The highest BCUT2D eigenvalue weighted by atomic mass is 32.1. The maximum atomic E-state index is 13.7. The summed E-state index contributed by atoms with van der Waals surface area (Å²) in [4.78, 5) is 49.3. The molecule has 1 heterocycles. The molecule has 0 aliphatic rings. The summed E-state index contributed by atoms with van der Waals surface area (Å²) in [7, 11) is 0. The second-order valence-corrected chi connectivity index (χ2v) is 8.37. The van der Waals surface area contributed by atoms with Gasteiger partial charge in [-0.1, -0.05) is 48.0 Å². The molecule has 0 fully saturated rings. The highest BCUT2D eigenvalue weighted by Crippen LogP contribution is 2.36. The van der Waals surface area contributed by atoms with E-state index in [1.54, 1.807) is 43.5 Å². The van der Waals surface area contributed by atoms with Crippen molar-refractivity contribution in [3.8, 4) is 11.1 Å². The van der Waals surface area contributed by atoms with E-state index in [1.165, 1.54) is 24.3 Å². The van der Waals surface area contributed by atoms with Crippen LogP contribution in [0, 0.1) is 5.82 Å². The van der Waals surface area contributed by atoms with Gasteiger partial charge in [-0.05, 0) is 31.5 Å². The monoisotopic (exact) mass is 495 g/mol. The number of hydrogen-bond acceptors (Lipinski definition) is 6. The van der Waals surface area contributed by atoms with Crippen LogP contribution in [0.15, 0.2) is 71.6 Å². The summed E-state index contributed by atoms with van der Waals surface area (Å²) in [5.74, 6) is -3.70. The summed E-state index contributed by atoms with van der Waals surface area (Å²) >= 11 is 1.15. The molecule has 0 spiro atoms. The van der Waals surface area contributed by atoms with E-state index in [0.717, 1.165) is 28.5 Å². The number of esters is 1. The second-order valence-electron chi connectivity index (χ2n) is 7.49. The number of anilines is 1.